The maximum atomic E-state index is 10.3. The van der Waals surface area contributed by atoms with Gasteiger partial charge in [0, 0.05) is 35.5 Å². The van der Waals surface area contributed by atoms with Gasteiger partial charge in [0.1, 0.15) is 0 Å². The second-order valence-electron chi connectivity index (χ2n) is 6.04. The lowest BCUT2D eigenvalue weighted by molar-refractivity contribution is 0.0242. The first-order chi connectivity index (χ1) is 10.6. The van der Waals surface area contributed by atoms with Crippen LogP contribution < -0.4 is 0 Å². The Balaban J connectivity index is 1.63. The largest absolute Gasteiger partial charge is 0.393 e. The third-order valence-corrected chi connectivity index (χ3v) is 5.57. The van der Waals surface area contributed by atoms with Gasteiger partial charge < -0.3 is 5.11 Å². The van der Waals surface area contributed by atoms with E-state index in [0.717, 1.165) is 43.2 Å². The van der Waals surface area contributed by atoms with Gasteiger partial charge >= 0.3 is 0 Å². The van der Waals surface area contributed by atoms with Crippen LogP contribution in [0.3, 0.4) is 0 Å². The summed E-state index contributed by atoms with van der Waals surface area (Å²) in [5, 5.41) is 11.1. The molecule has 0 spiro atoms. The molecule has 0 saturated carbocycles. The second-order valence-corrected chi connectivity index (χ2v) is 7.42. The fourth-order valence-electron chi connectivity index (χ4n) is 3.04. The van der Waals surface area contributed by atoms with E-state index < -0.39 is 0 Å². The lowest BCUT2D eigenvalue weighted by atomic mass is 9.88. The monoisotopic (exact) mass is 336 g/mol. The summed E-state index contributed by atoms with van der Waals surface area (Å²) in [7, 11) is 0. The van der Waals surface area contributed by atoms with Crippen LogP contribution in [0.2, 0.25) is 5.02 Å². The molecule has 1 aromatic heterocycles. The summed E-state index contributed by atoms with van der Waals surface area (Å²) in [6.45, 7) is 4.90. The van der Waals surface area contributed by atoms with Gasteiger partial charge in [0.25, 0.3) is 0 Å². The molecule has 1 N–H and O–H groups in total. The van der Waals surface area contributed by atoms with Gasteiger partial charge in [-0.05, 0) is 37.5 Å². The number of nitrogens with zero attached hydrogens (tertiary/aromatic N) is 2. The fourth-order valence-corrected chi connectivity index (χ4v) is 3.99. The van der Waals surface area contributed by atoms with Gasteiger partial charge in [0.2, 0.25) is 0 Å². The first-order valence-electron chi connectivity index (χ1n) is 7.65. The van der Waals surface area contributed by atoms with Crippen LogP contribution in [0.1, 0.15) is 22.6 Å². The van der Waals surface area contributed by atoms with E-state index in [-0.39, 0.29) is 12.0 Å². The number of aryl methyl sites for hydroxylation is 1. The predicted octanol–water partition coefficient (Wildman–Crippen LogP) is 3.53. The number of aliphatic hydroxyl groups excluding tert-OH is 1. The van der Waals surface area contributed by atoms with Crippen molar-refractivity contribution in [2.45, 2.75) is 32.4 Å². The minimum atomic E-state index is -0.213. The van der Waals surface area contributed by atoms with Crippen molar-refractivity contribution in [1.29, 1.82) is 0 Å². The third kappa shape index (κ3) is 3.87. The van der Waals surface area contributed by atoms with Crippen LogP contribution in [-0.4, -0.2) is 34.2 Å². The molecule has 0 amide bonds. The molecule has 118 valence electrons. The Morgan fingerprint density at radius 1 is 1.36 bits per heavy atom. The summed E-state index contributed by atoms with van der Waals surface area (Å²) in [6.07, 6.45) is 1.53. The molecule has 0 radical (unpaired) electrons. The predicted molar refractivity (Wildman–Crippen MR) is 91.4 cm³/mol. The van der Waals surface area contributed by atoms with Crippen molar-refractivity contribution >= 4 is 22.9 Å². The first kappa shape index (κ1) is 15.9. The summed E-state index contributed by atoms with van der Waals surface area (Å²) in [4.78, 5) is 8.10. The van der Waals surface area contributed by atoms with E-state index in [9.17, 15) is 5.11 Å². The lowest BCUT2D eigenvalue weighted by Gasteiger charge is -2.36. The number of aromatic nitrogens is 1. The highest BCUT2D eigenvalue weighted by atomic mass is 35.5. The highest BCUT2D eigenvalue weighted by Crippen LogP contribution is 2.25. The highest BCUT2D eigenvalue weighted by molar-refractivity contribution is 7.09. The molecule has 3 rings (SSSR count). The zero-order valence-electron chi connectivity index (χ0n) is 12.7. The van der Waals surface area contributed by atoms with E-state index in [2.05, 4.69) is 28.9 Å². The van der Waals surface area contributed by atoms with Crippen LogP contribution in [0.5, 0.6) is 0 Å². The molecule has 22 heavy (non-hydrogen) atoms. The molecule has 1 aliphatic heterocycles. The summed E-state index contributed by atoms with van der Waals surface area (Å²) in [5.74, 6) is 0.281. The number of hydrogen-bond donors (Lipinski definition) is 1. The summed E-state index contributed by atoms with van der Waals surface area (Å²) < 4.78 is 0. The molecule has 2 aromatic rings. The Hall–Kier alpha value is -0.940. The Morgan fingerprint density at radius 2 is 2.14 bits per heavy atom. The first-order valence-corrected chi connectivity index (χ1v) is 8.91. The average Bonchev–Trinajstić information content (AvgIpc) is 2.90. The third-order valence-electron chi connectivity index (χ3n) is 4.40. The number of piperidine rings is 1. The zero-order valence-corrected chi connectivity index (χ0v) is 14.3. The molecular formula is C17H21ClN2OS. The average molecular weight is 337 g/mol. The summed E-state index contributed by atoms with van der Waals surface area (Å²) in [6, 6.07) is 7.96. The van der Waals surface area contributed by atoms with Crippen LogP contribution in [0.25, 0.3) is 0 Å². The molecule has 1 saturated heterocycles. The lowest BCUT2D eigenvalue weighted by Crippen LogP contribution is -2.43. The Kier molecular flexibility index (Phi) is 5.14. The van der Waals surface area contributed by atoms with Gasteiger partial charge in [0.05, 0.1) is 17.3 Å². The molecule has 0 bridgehead atoms. The molecule has 1 aromatic carbocycles. The van der Waals surface area contributed by atoms with Gasteiger partial charge in [-0.3, -0.25) is 4.90 Å². The van der Waals surface area contributed by atoms with Crippen molar-refractivity contribution < 1.29 is 5.11 Å². The highest BCUT2D eigenvalue weighted by Gasteiger charge is 2.28. The van der Waals surface area contributed by atoms with Crippen molar-refractivity contribution in [3.05, 3.63) is 50.9 Å². The van der Waals surface area contributed by atoms with Crippen molar-refractivity contribution in [3.8, 4) is 0 Å². The molecule has 0 aliphatic carbocycles. The Bertz CT molecular complexity index is 613. The van der Waals surface area contributed by atoms with E-state index >= 15 is 0 Å². The van der Waals surface area contributed by atoms with Crippen LogP contribution in [0, 0.1) is 12.8 Å². The van der Waals surface area contributed by atoms with Crippen LogP contribution in [0.15, 0.2) is 29.8 Å². The van der Waals surface area contributed by atoms with E-state index in [1.807, 2.05) is 17.6 Å². The summed E-state index contributed by atoms with van der Waals surface area (Å²) in [5.41, 5.74) is 4.28. The van der Waals surface area contributed by atoms with Gasteiger partial charge in [-0.1, -0.05) is 23.7 Å². The molecule has 0 unspecified atom stereocenters. The number of likely N-dealkylation sites (tertiary alicyclic amines) is 1. The number of benzene rings is 1. The maximum absolute atomic E-state index is 10.3. The molecular weight excluding hydrogens is 316 g/mol. The minimum absolute atomic E-state index is 0.213. The van der Waals surface area contributed by atoms with Gasteiger partial charge in [-0.15, -0.1) is 11.3 Å². The Labute approximate surface area is 140 Å². The summed E-state index contributed by atoms with van der Waals surface area (Å²) >= 11 is 7.66. The van der Waals surface area contributed by atoms with Crippen LogP contribution in [-0.2, 0) is 13.0 Å². The van der Waals surface area contributed by atoms with Crippen molar-refractivity contribution in [1.82, 2.24) is 9.88 Å². The van der Waals surface area contributed by atoms with Crippen molar-refractivity contribution in [2.75, 3.05) is 13.1 Å². The number of rotatable bonds is 4. The van der Waals surface area contributed by atoms with Crippen LogP contribution >= 0.6 is 22.9 Å². The van der Waals surface area contributed by atoms with Crippen LogP contribution in [0.4, 0.5) is 0 Å². The smallest absolute Gasteiger partial charge is 0.0798 e. The molecule has 1 aliphatic rings. The Morgan fingerprint density at radius 3 is 2.82 bits per heavy atom. The number of halogens is 1. The van der Waals surface area contributed by atoms with Gasteiger partial charge in [0.15, 0.2) is 0 Å². The standard InChI is InChI=1S/C17H21ClN2OS/c1-12-17(22-11-19-12)10-20-7-6-16(21)14(9-20)8-13-2-4-15(18)5-3-13/h2-5,11,14,16,21H,6-10H2,1H3/t14-,16+/m1/s1. The van der Waals surface area contributed by atoms with Crippen molar-refractivity contribution in [2.24, 2.45) is 5.92 Å². The molecule has 5 heteroatoms. The molecule has 1 fully saturated rings. The molecule has 2 atom stereocenters. The minimum Gasteiger partial charge on any atom is -0.393 e. The maximum Gasteiger partial charge on any atom is 0.0798 e. The number of aliphatic hydroxyl groups is 1. The quantitative estimate of drug-likeness (QED) is 0.927. The van der Waals surface area contributed by atoms with E-state index in [4.69, 9.17) is 11.6 Å². The zero-order chi connectivity index (χ0) is 15.5. The van der Waals surface area contributed by atoms with Gasteiger partial charge in [-0.25, -0.2) is 4.98 Å². The molecule has 3 nitrogen and oxygen atoms in total. The van der Waals surface area contributed by atoms with Gasteiger partial charge in [-0.2, -0.15) is 0 Å². The number of hydrogen-bond acceptors (Lipinski definition) is 4. The molecule has 2 heterocycles. The normalized spacial score (nSPS) is 22.9. The van der Waals surface area contributed by atoms with Crippen molar-refractivity contribution in [3.63, 3.8) is 0 Å². The number of thiazole rings is 1. The van der Waals surface area contributed by atoms with E-state index in [0.29, 0.717) is 0 Å². The topological polar surface area (TPSA) is 36.4 Å². The van der Waals surface area contributed by atoms with E-state index in [1.54, 1.807) is 11.3 Å². The SMILES string of the molecule is Cc1ncsc1CN1CC[C@H](O)[C@H](Cc2ccc(Cl)cc2)C1. The second kappa shape index (κ2) is 7.09. The fraction of sp³-hybridized carbons (Fsp3) is 0.471. The van der Waals surface area contributed by atoms with E-state index in [1.165, 1.54) is 10.4 Å².